The molecule has 2 N–H and O–H groups in total. The van der Waals surface area contributed by atoms with Crippen LogP contribution < -0.4 is 9.80 Å². The van der Waals surface area contributed by atoms with E-state index < -0.39 is 0 Å². The van der Waals surface area contributed by atoms with Crippen LogP contribution in [-0.4, -0.2) is 39.3 Å². The van der Waals surface area contributed by atoms with Gasteiger partial charge in [0.15, 0.2) is 0 Å². The Bertz CT molecular complexity index is 141. The third-order valence-electron chi connectivity index (χ3n) is 3.97. The van der Waals surface area contributed by atoms with Gasteiger partial charge in [0.1, 0.15) is 0 Å². The first-order valence-corrected chi connectivity index (χ1v) is 8.95. The van der Waals surface area contributed by atoms with E-state index >= 15 is 0 Å². The van der Waals surface area contributed by atoms with Gasteiger partial charge in [0.05, 0.1) is 39.3 Å². The Morgan fingerprint density at radius 1 is 0.421 bits per heavy atom. The van der Waals surface area contributed by atoms with Crippen LogP contribution in [0.1, 0.15) is 72.6 Å². The van der Waals surface area contributed by atoms with Crippen LogP contribution in [0.15, 0.2) is 0 Å². The van der Waals surface area contributed by atoms with Gasteiger partial charge >= 0.3 is 0 Å². The standard InChI is InChI=1S/C17H38N2/c1-5-12-18(13-6-2)16-10-9-11-17-19(14-7-3)15-8-4/h5-17H2,1-4H3/p+2. The highest BCUT2D eigenvalue weighted by Crippen LogP contribution is 1.90. The molecule has 0 spiro atoms. The molecule has 0 aliphatic rings. The Balaban J connectivity index is 3.59. The molecule has 0 aromatic heterocycles. The molecule has 0 aliphatic carbocycles. The Labute approximate surface area is 122 Å². The van der Waals surface area contributed by atoms with Crippen molar-refractivity contribution in [3.63, 3.8) is 0 Å². The summed E-state index contributed by atoms with van der Waals surface area (Å²) in [5, 5.41) is 0. The first-order valence-electron chi connectivity index (χ1n) is 8.95. The van der Waals surface area contributed by atoms with E-state index in [-0.39, 0.29) is 0 Å². The van der Waals surface area contributed by atoms with Gasteiger partial charge in [-0.3, -0.25) is 0 Å². The molecule has 0 saturated carbocycles. The predicted octanol–water partition coefficient (Wildman–Crippen LogP) is 1.57. The van der Waals surface area contributed by atoms with Crippen LogP contribution in [0.5, 0.6) is 0 Å². The van der Waals surface area contributed by atoms with Crippen LogP contribution >= 0.6 is 0 Å². The van der Waals surface area contributed by atoms with E-state index in [0.717, 1.165) is 0 Å². The first kappa shape index (κ1) is 18.9. The van der Waals surface area contributed by atoms with Crippen molar-refractivity contribution in [2.24, 2.45) is 0 Å². The zero-order valence-electron chi connectivity index (χ0n) is 14.2. The van der Waals surface area contributed by atoms with Crippen LogP contribution in [0.2, 0.25) is 0 Å². The summed E-state index contributed by atoms with van der Waals surface area (Å²) >= 11 is 0. The van der Waals surface area contributed by atoms with Gasteiger partial charge in [0.25, 0.3) is 0 Å². The summed E-state index contributed by atoms with van der Waals surface area (Å²) < 4.78 is 0. The van der Waals surface area contributed by atoms with E-state index in [1.54, 1.807) is 0 Å². The summed E-state index contributed by atoms with van der Waals surface area (Å²) in [5.41, 5.74) is 0. The molecule has 0 bridgehead atoms. The molecule has 0 rings (SSSR count). The van der Waals surface area contributed by atoms with Crippen molar-refractivity contribution >= 4 is 0 Å². The number of unbranched alkanes of at least 4 members (excludes halogenated alkanes) is 2. The lowest BCUT2D eigenvalue weighted by molar-refractivity contribution is -0.902. The zero-order chi connectivity index (χ0) is 14.3. The molecule has 116 valence electrons. The van der Waals surface area contributed by atoms with E-state index in [9.17, 15) is 0 Å². The fraction of sp³-hybridized carbons (Fsp3) is 1.00. The minimum absolute atomic E-state index is 1.33. The Kier molecular flexibility index (Phi) is 14.3. The second kappa shape index (κ2) is 14.3. The molecular weight excluding hydrogens is 232 g/mol. The number of hydrogen-bond donors (Lipinski definition) is 2. The van der Waals surface area contributed by atoms with Crippen molar-refractivity contribution in [3.8, 4) is 0 Å². The first-order chi connectivity index (χ1) is 9.28. The van der Waals surface area contributed by atoms with Gasteiger partial charge in [-0.1, -0.05) is 27.7 Å². The number of nitrogens with one attached hydrogen (secondary N) is 2. The van der Waals surface area contributed by atoms with Gasteiger partial charge in [-0.2, -0.15) is 0 Å². The third kappa shape index (κ3) is 11.4. The van der Waals surface area contributed by atoms with Crippen molar-refractivity contribution in [1.29, 1.82) is 0 Å². The molecule has 0 aliphatic heterocycles. The molecule has 19 heavy (non-hydrogen) atoms. The average Bonchev–Trinajstić information content (AvgIpc) is 2.39. The van der Waals surface area contributed by atoms with Crippen LogP contribution in [0.3, 0.4) is 0 Å². The molecular formula is C17H40N2+2. The van der Waals surface area contributed by atoms with Gasteiger partial charge in [0.2, 0.25) is 0 Å². The smallest absolute Gasteiger partial charge is 0.0770 e. The SMILES string of the molecule is CCC[NH+](CCC)CCCCC[NH+](CCC)CCC. The minimum Gasteiger partial charge on any atom is -0.335 e. The van der Waals surface area contributed by atoms with Crippen molar-refractivity contribution in [3.05, 3.63) is 0 Å². The van der Waals surface area contributed by atoms with Crippen molar-refractivity contribution < 1.29 is 9.80 Å². The summed E-state index contributed by atoms with van der Waals surface area (Å²) in [7, 11) is 0. The third-order valence-corrected chi connectivity index (χ3v) is 3.97. The molecule has 0 unspecified atom stereocenters. The largest absolute Gasteiger partial charge is 0.335 e. The van der Waals surface area contributed by atoms with Crippen molar-refractivity contribution in [2.45, 2.75) is 72.6 Å². The van der Waals surface area contributed by atoms with Gasteiger partial charge < -0.3 is 9.80 Å². The van der Waals surface area contributed by atoms with Crippen molar-refractivity contribution in [2.75, 3.05) is 39.3 Å². The Morgan fingerprint density at radius 3 is 1.00 bits per heavy atom. The van der Waals surface area contributed by atoms with E-state index in [2.05, 4.69) is 27.7 Å². The summed E-state index contributed by atoms with van der Waals surface area (Å²) in [6, 6.07) is 0. The fourth-order valence-electron chi connectivity index (χ4n) is 3.09. The number of quaternary nitrogens is 2. The van der Waals surface area contributed by atoms with Gasteiger partial charge in [0, 0.05) is 0 Å². The van der Waals surface area contributed by atoms with Crippen LogP contribution in [-0.2, 0) is 0 Å². The highest BCUT2D eigenvalue weighted by atomic mass is 15.1. The molecule has 0 aromatic rings. The topological polar surface area (TPSA) is 8.88 Å². The van der Waals surface area contributed by atoms with E-state index in [1.165, 1.54) is 84.2 Å². The fourth-order valence-corrected chi connectivity index (χ4v) is 3.09. The number of rotatable bonds is 14. The summed E-state index contributed by atoms with van der Waals surface area (Å²) in [4.78, 5) is 3.66. The second-order valence-corrected chi connectivity index (χ2v) is 6.06. The quantitative estimate of drug-likeness (QED) is 0.444. The highest BCUT2D eigenvalue weighted by Gasteiger charge is 2.07. The van der Waals surface area contributed by atoms with E-state index in [1.807, 2.05) is 9.80 Å². The normalized spacial score (nSPS) is 11.7. The summed E-state index contributed by atoms with van der Waals surface area (Å²) in [6.45, 7) is 17.5. The highest BCUT2D eigenvalue weighted by molar-refractivity contribution is 4.41. The average molecular weight is 273 g/mol. The molecule has 0 amide bonds. The zero-order valence-corrected chi connectivity index (χ0v) is 14.2. The molecule has 2 nitrogen and oxygen atoms in total. The lowest BCUT2D eigenvalue weighted by atomic mass is 10.2. The molecule has 0 saturated heterocycles. The predicted molar refractivity (Wildman–Crippen MR) is 86.1 cm³/mol. The molecule has 0 aromatic carbocycles. The lowest BCUT2D eigenvalue weighted by Crippen LogP contribution is -3.12. The summed E-state index contributed by atoms with van der Waals surface area (Å²) in [5.74, 6) is 0. The van der Waals surface area contributed by atoms with Gasteiger partial charge in [-0.05, 0) is 44.9 Å². The van der Waals surface area contributed by atoms with Crippen LogP contribution in [0, 0.1) is 0 Å². The van der Waals surface area contributed by atoms with E-state index in [4.69, 9.17) is 0 Å². The Hall–Kier alpha value is -0.0800. The van der Waals surface area contributed by atoms with Gasteiger partial charge in [-0.15, -0.1) is 0 Å². The summed E-state index contributed by atoms with van der Waals surface area (Å²) in [6.07, 6.45) is 9.64. The minimum atomic E-state index is 1.33. The Morgan fingerprint density at radius 2 is 0.737 bits per heavy atom. The molecule has 0 fully saturated rings. The second-order valence-electron chi connectivity index (χ2n) is 6.06. The number of hydrogen-bond acceptors (Lipinski definition) is 0. The lowest BCUT2D eigenvalue weighted by Gasteiger charge is -2.19. The molecule has 2 heteroatoms. The van der Waals surface area contributed by atoms with Crippen LogP contribution in [0.25, 0.3) is 0 Å². The van der Waals surface area contributed by atoms with E-state index in [0.29, 0.717) is 0 Å². The molecule has 0 heterocycles. The molecule has 0 atom stereocenters. The maximum absolute atomic E-state index is 2.31. The monoisotopic (exact) mass is 272 g/mol. The molecule has 0 radical (unpaired) electrons. The maximum atomic E-state index is 2.31. The maximum Gasteiger partial charge on any atom is 0.0770 e. The van der Waals surface area contributed by atoms with Crippen molar-refractivity contribution in [1.82, 2.24) is 0 Å². The van der Waals surface area contributed by atoms with Crippen LogP contribution in [0.4, 0.5) is 0 Å². The van der Waals surface area contributed by atoms with Gasteiger partial charge in [-0.25, -0.2) is 0 Å².